The van der Waals surface area contributed by atoms with Gasteiger partial charge in [0.15, 0.2) is 0 Å². The number of nitrogens with one attached hydrogen (secondary N) is 1. The highest BCUT2D eigenvalue weighted by atomic mass is 79.9. The number of hydrogen-bond donors (Lipinski definition) is 2. The van der Waals surface area contributed by atoms with Crippen LogP contribution in [0.15, 0.2) is 46.9 Å². The zero-order valence-corrected chi connectivity index (χ0v) is 16.1. The maximum absolute atomic E-state index is 13.9. The number of aliphatic hydroxyl groups is 1. The highest BCUT2D eigenvalue weighted by Gasteiger charge is 2.13. The fraction of sp³-hybridized carbons (Fsp3) is 0.316. The van der Waals surface area contributed by atoms with Gasteiger partial charge >= 0.3 is 0 Å². The van der Waals surface area contributed by atoms with Crippen LogP contribution in [-0.2, 0) is 11.3 Å². The van der Waals surface area contributed by atoms with Crippen LogP contribution in [-0.4, -0.2) is 42.7 Å². The van der Waals surface area contributed by atoms with Gasteiger partial charge in [-0.3, -0.25) is 9.69 Å². The second-order valence-electron chi connectivity index (χ2n) is 5.73. The topological polar surface area (TPSA) is 61.8 Å². The van der Waals surface area contributed by atoms with E-state index in [-0.39, 0.29) is 24.8 Å². The summed E-state index contributed by atoms with van der Waals surface area (Å²) < 4.78 is 19.9. The first-order valence-electron chi connectivity index (χ1n) is 8.23. The van der Waals surface area contributed by atoms with Crippen molar-refractivity contribution in [1.29, 1.82) is 0 Å². The SMILES string of the molecule is COc1ccccc1NC(=O)CCN(CCO)Cc1cc(Br)ccc1F. The fourth-order valence-corrected chi connectivity index (χ4v) is 2.95. The van der Waals surface area contributed by atoms with E-state index in [4.69, 9.17) is 4.74 Å². The predicted molar refractivity (Wildman–Crippen MR) is 103 cm³/mol. The van der Waals surface area contributed by atoms with E-state index in [0.717, 1.165) is 4.47 Å². The second-order valence-corrected chi connectivity index (χ2v) is 6.65. The average molecular weight is 425 g/mol. The molecule has 0 bridgehead atoms. The molecule has 0 spiro atoms. The molecule has 2 aromatic carbocycles. The Kier molecular flexibility index (Phi) is 8.03. The number of para-hydroxylation sites is 2. The van der Waals surface area contributed by atoms with Crippen molar-refractivity contribution in [2.24, 2.45) is 0 Å². The predicted octanol–water partition coefficient (Wildman–Crippen LogP) is 3.42. The molecule has 0 unspecified atom stereocenters. The number of carbonyl (C=O) groups excluding carboxylic acids is 1. The fourth-order valence-electron chi connectivity index (χ4n) is 2.54. The number of anilines is 1. The van der Waals surface area contributed by atoms with Crippen LogP contribution in [0.25, 0.3) is 0 Å². The van der Waals surface area contributed by atoms with Crippen molar-refractivity contribution in [3.63, 3.8) is 0 Å². The van der Waals surface area contributed by atoms with Crippen LogP contribution in [0.3, 0.4) is 0 Å². The molecule has 2 aromatic rings. The second kappa shape index (κ2) is 10.3. The van der Waals surface area contributed by atoms with Gasteiger partial charge in [0.1, 0.15) is 11.6 Å². The molecule has 0 fully saturated rings. The molecular weight excluding hydrogens is 403 g/mol. The third-order valence-electron chi connectivity index (χ3n) is 3.85. The van der Waals surface area contributed by atoms with Gasteiger partial charge in [0, 0.05) is 36.1 Å². The Morgan fingerprint density at radius 1 is 1.27 bits per heavy atom. The molecule has 0 atom stereocenters. The molecule has 0 saturated heterocycles. The van der Waals surface area contributed by atoms with Crippen molar-refractivity contribution < 1.29 is 19.0 Å². The smallest absolute Gasteiger partial charge is 0.225 e. The van der Waals surface area contributed by atoms with E-state index in [1.54, 1.807) is 31.4 Å². The molecule has 1 amide bonds. The number of rotatable bonds is 9. The van der Waals surface area contributed by atoms with E-state index in [1.807, 2.05) is 17.0 Å². The summed E-state index contributed by atoms with van der Waals surface area (Å²) in [5, 5.41) is 12.1. The Morgan fingerprint density at radius 3 is 2.77 bits per heavy atom. The van der Waals surface area contributed by atoms with Crippen LogP contribution in [0.5, 0.6) is 5.75 Å². The number of hydrogen-bond acceptors (Lipinski definition) is 4. The number of ether oxygens (including phenoxy) is 1. The minimum absolute atomic E-state index is 0.0657. The molecular formula is C19H22BrFN2O3. The first kappa shape index (κ1) is 20.4. The van der Waals surface area contributed by atoms with E-state index < -0.39 is 0 Å². The van der Waals surface area contributed by atoms with Gasteiger partial charge in [-0.15, -0.1) is 0 Å². The van der Waals surface area contributed by atoms with E-state index >= 15 is 0 Å². The summed E-state index contributed by atoms with van der Waals surface area (Å²) in [5.41, 5.74) is 1.12. The van der Waals surface area contributed by atoms with E-state index in [0.29, 0.717) is 36.6 Å². The summed E-state index contributed by atoms with van der Waals surface area (Å²) in [6, 6.07) is 11.9. The number of benzene rings is 2. The van der Waals surface area contributed by atoms with Gasteiger partial charge < -0.3 is 15.2 Å². The van der Waals surface area contributed by atoms with Gasteiger partial charge in [0.05, 0.1) is 19.4 Å². The Hall–Kier alpha value is -1.96. The van der Waals surface area contributed by atoms with Gasteiger partial charge in [0.2, 0.25) is 5.91 Å². The van der Waals surface area contributed by atoms with Crippen LogP contribution in [0, 0.1) is 5.82 Å². The van der Waals surface area contributed by atoms with Crippen molar-refractivity contribution in [1.82, 2.24) is 4.90 Å². The molecule has 2 N–H and O–H groups in total. The molecule has 140 valence electrons. The number of carbonyl (C=O) groups is 1. The Labute approximate surface area is 160 Å². The third kappa shape index (κ3) is 6.09. The zero-order chi connectivity index (χ0) is 18.9. The average Bonchev–Trinajstić information content (AvgIpc) is 2.63. The van der Waals surface area contributed by atoms with E-state index in [9.17, 15) is 14.3 Å². The lowest BCUT2D eigenvalue weighted by Gasteiger charge is -2.21. The summed E-state index contributed by atoms with van der Waals surface area (Å²) in [7, 11) is 1.54. The first-order chi connectivity index (χ1) is 12.5. The summed E-state index contributed by atoms with van der Waals surface area (Å²) in [4.78, 5) is 14.1. The Morgan fingerprint density at radius 2 is 2.04 bits per heavy atom. The number of aliphatic hydroxyl groups excluding tert-OH is 1. The largest absolute Gasteiger partial charge is 0.495 e. The lowest BCUT2D eigenvalue weighted by atomic mass is 10.2. The number of methoxy groups -OCH3 is 1. The molecule has 0 aliphatic heterocycles. The highest BCUT2D eigenvalue weighted by molar-refractivity contribution is 9.10. The van der Waals surface area contributed by atoms with Crippen LogP contribution in [0.2, 0.25) is 0 Å². The van der Waals surface area contributed by atoms with E-state index in [1.165, 1.54) is 6.07 Å². The lowest BCUT2D eigenvalue weighted by Crippen LogP contribution is -2.30. The van der Waals surface area contributed by atoms with Crippen molar-refractivity contribution >= 4 is 27.5 Å². The molecule has 0 aliphatic carbocycles. The van der Waals surface area contributed by atoms with E-state index in [2.05, 4.69) is 21.2 Å². The van der Waals surface area contributed by atoms with Crippen LogP contribution in [0.1, 0.15) is 12.0 Å². The van der Waals surface area contributed by atoms with Gasteiger partial charge in [-0.25, -0.2) is 4.39 Å². The van der Waals surface area contributed by atoms with Gasteiger partial charge in [-0.1, -0.05) is 28.1 Å². The number of nitrogens with zero attached hydrogens (tertiary/aromatic N) is 1. The van der Waals surface area contributed by atoms with Gasteiger partial charge in [-0.05, 0) is 30.3 Å². The quantitative estimate of drug-likeness (QED) is 0.647. The maximum atomic E-state index is 13.9. The van der Waals surface area contributed by atoms with Crippen LogP contribution < -0.4 is 10.1 Å². The van der Waals surface area contributed by atoms with Crippen LogP contribution in [0.4, 0.5) is 10.1 Å². The van der Waals surface area contributed by atoms with Gasteiger partial charge in [-0.2, -0.15) is 0 Å². The molecule has 0 aliphatic rings. The monoisotopic (exact) mass is 424 g/mol. The number of amides is 1. The molecule has 5 nitrogen and oxygen atoms in total. The number of halogens is 2. The normalized spacial score (nSPS) is 10.8. The Balaban J connectivity index is 1.95. The standard InChI is InChI=1S/C19H22BrFN2O3/c1-26-18-5-3-2-4-17(18)22-19(25)8-9-23(10-11-24)13-14-12-15(20)6-7-16(14)21/h2-7,12,24H,8-11,13H2,1H3,(H,22,25). The molecule has 0 aromatic heterocycles. The first-order valence-corrected chi connectivity index (χ1v) is 9.02. The maximum Gasteiger partial charge on any atom is 0.225 e. The summed E-state index contributed by atoms with van der Waals surface area (Å²) in [6.07, 6.45) is 0.216. The molecule has 0 saturated carbocycles. The summed E-state index contributed by atoms with van der Waals surface area (Å²) >= 11 is 3.33. The lowest BCUT2D eigenvalue weighted by molar-refractivity contribution is -0.116. The van der Waals surface area contributed by atoms with Crippen molar-refractivity contribution in [2.45, 2.75) is 13.0 Å². The summed E-state index contributed by atoms with van der Waals surface area (Å²) in [5.74, 6) is 0.103. The third-order valence-corrected chi connectivity index (χ3v) is 4.35. The van der Waals surface area contributed by atoms with Crippen molar-refractivity contribution in [2.75, 3.05) is 32.1 Å². The molecule has 2 rings (SSSR count). The minimum atomic E-state index is -0.311. The minimum Gasteiger partial charge on any atom is -0.495 e. The van der Waals surface area contributed by atoms with Crippen molar-refractivity contribution in [3.05, 3.63) is 58.3 Å². The zero-order valence-electron chi connectivity index (χ0n) is 14.5. The van der Waals surface area contributed by atoms with Crippen LogP contribution >= 0.6 is 15.9 Å². The van der Waals surface area contributed by atoms with Gasteiger partial charge in [0.25, 0.3) is 0 Å². The molecule has 7 heteroatoms. The summed E-state index contributed by atoms with van der Waals surface area (Å²) in [6.45, 7) is 0.999. The van der Waals surface area contributed by atoms with Crippen molar-refractivity contribution in [3.8, 4) is 5.75 Å². The molecule has 0 heterocycles. The highest BCUT2D eigenvalue weighted by Crippen LogP contribution is 2.23. The molecule has 0 radical (unpaired) electrons. The molecule has 26 heavy (non-hydrogen) atoms. The Bertz CT molecular complexity index is 742.